The van der Waals surface area contributed by atoms with E-state index in [1.54, 1.807) is 6.20 Å². The third-order valence-corrected chi connectivity index (χ3v) is 1.89. The van der Waals surface area contributed by atoms with E-state index < -0.39 is 0 Å². The van der Waals surface area contributed by atoms with Crippen LogP contribution >= 0.6 is 0 Å². The first kappa shape index (κ1) is 10.8. The molecule has 1 N–H and O–H groups in total. The summed E-state index contributed by atoms with van der Waals surface area (Å²) in [4.78, 5) is 19.4. The number of hydrogen-bond donors (Lipinski definition) is 1. The fourth-order valence-electron chi connectivity index (χ4n) is 1.25. The Balaban J connectivity index is 2.51. The topological polar surface area (TPSA) is 54.9 Å². The van der Waals surface area contributed by atoms with Crippen LogP contribution in [0, 0.1) is 0 Å². The molecule has 1 heterocycles. The molecule has 0 aliphatic rings. The summed E-state index contributed by atoms with van der Waals surface area (Å²) in [5.41, 5.74) is 0.442. The van der Waals surface area contributed by atoms with Gasteiger partial charge in [-0.3, -0.25) is 9.78 Å². The zero-order valence-corrected chi connectivity index (χ0v) is 8.53. The predicted molar refractivity (Wildman–Crippen MR) is 54.1 cm³/mol. The molecule has 1 atom stereocenters. The second-order valence-corrected chi connectivity index (χ2v) is 3.18. The van der Waals surface area contributed by atoms with Crippen molar-refractivity contribution in [1.29, 1.82) is 0 Å². The molecule has 4 heteroatoms. The molecule has 0 saturated heterocycles. The van der Waals surface area contributed by atoms with Crippen molar-refractivity contribution >= 4 is 5.78 Å². The minimum atomic E-state index is 0.0338. The molecule has 0 fully saturated rings. The number of hydrogen-bond acceptors (Lipinski definition) is 4. The lowest BCUT2D eigenvalue weighted by Gasteiger charge is -2.10. The highest BCUT2D eigenvalue weighted by atomic mass is 16.1. The third-order valence-electron chi connectivity index (χ3n) is 1.89. The normalized spacial score (nSPS) is 12.4. The quantitative estimate of drug-likeness (QED) is 0.710. The molecule has 1 aromatic rings. The maximum absolute atomic E-state index is 11.6. The van der Waals surface area contributed by atoms with Crippen LogP contribution in [0.1, 0.15) is 30.8 Å². The van der Waals surface area contributed by atoms with Crippen LogP contribution in [-0.4, -0.2) is 28.3 Å². The summed E-state index contributed by atoms with van der Waals surface area (Å²) in [6, 6.07) is 0.189. The predicted octanol–water partition coefficient (Wildman–Crippen LogP) is 1.05. The summed E-state index contributed by atoms with van der Waals surface area (Å²) in [5, 5.41) is 3.18. The molecule has 0 saturated carbocycles. The Hall–Kier alpha value is -1.29. The van der Waals surface area contributed by atoms with Gasteiger partial charge >= 0.3 is 0 Å². The van der Waals surface area contributed by atoms with Gasteiger partial charge in [0.25, 0.3) is 0 Å². The summed E-state index contributed by atoms with van der Waals surface area (Å²) in [6.07, 6.45) is 5.06. The van der Waals surface area contributed by atoms with E-state index in [2.05, 4.69) is 15.3 Å². The van der Waals surface area contributed by atoms with E-state index in [1.807, 2.05) is 13.8 Å². The SMILES string of the molecule is CCNC(C)CC(=O)c1cnccn1. The van der Waals surface area contributed by atoms with Gasteiger partial charge in [0.1, 0.15) is 5.69 Å². The largest absolute Gasteiger partial charge is 0.314 e. The molecule has 0 amide bonds. The molecule has 0 aliphatic carbocycles. The van der Waals surface area contributed by atoms with E-state index in [-0.39, 0.29) is 11.8 Å². The van der Waals surface area contributed by atoms with Gasteiger partial charge in [-0.2, -0.15) is 0 Å². The highest BCUT2D eigenvalue weighted by Gasteiger charge is 2.11. The molecule has 1 rings (SSSR count). The first-order valence-electron chi connectivity index (χ1n) is 4.76. The van der Waals surface area contributed by atoms with Crippen molar-refractivity contribution in [2.45, 2.75) is 26.3 Å². The van der Waals surface area contributed by atoms with Crippen molar-refractivity contribution in [2.75, 3.05) is 6.54 Å². The maximum Gasteiger partial charge on any atom is 0.184 e. The smallest absolute Gasteiger partial charge is 0.184 e. The van der Waals surface area contributed by atoms with Crippen LogP contribution in [0.25, 0.3) is 0 Å². The van der Waals surface area contributed by atoms with Gasteiger partial charge in [0.05, 0.1) is 6.20 Å². The van der Waals surface area contributed by atoms with E-state index in [1.165, 1.54) is 12.4 Å². The molecule has 0 aliphatic heterocycles. The van der Waals surface area contributed by atoms with Crippen LogP contribution in [0.4, 0.5) is 0 Å². The number of nitrogens with one attached hydrogen (secondary N) is 1. The molecule has 0 radical (unpaired) electrons. The van der Waals surface area contributed by atoms with Gasteiger partial charge in [-0.1, -0.05) is 6.92 Å². The van der Waals surface area contributed by atoms with Crippen molar-refractivity contribution in [2.24, 2.45) is 0 Å². The van der Waals surface area contributed by atoms with Crippen molar-refractivity contribution in [3.05, 3.63) is 24.3 Å². The second kappa shape index (κ2) is 5.44. The number of nitrogens with zero attached hydrogens (tertiary/aromatic N) is 2. The molecule has 0 spiro atoms. The van der Waals surface area contributed by atoms with Crippen LogP contribution in [-0.2, 0) is 0 Å². The average Bonchev–Trinajstić information content (AvgIpc) is 2.19. The summed E-state index contributed by atoms with van der Waals surface area (Å²) < 4.78 is 0. The second-order valence-electron chi connectivity index (χ2n) is 3.18. The minimum Gasteiger partial charge on any atom is -0.314 e. The molecule has 1 unspecified atom stereocenters. The lowest BCUT2D eigenvalue weighted by atomic mass is 10.1. The molecule has 14 heavy (non-hydrogen) atoms. The highest BCUT2D eigenvalue weighted by Crippen LogP contribution is 2.00. The lowest BCUT2D eigenvalue weighted by Crippen LogP contribution is -2.28. The van der Waals surface area contributed by atoms with Gasteiger partial charge in [-0.25, -0.2) is 4.98 Å². The lowest BCUT2D eigenvalue weighted by molar-refractivity contribution is 0.0966. The van der Waals surface area contributed by atoms with E-state index in [4.69, 9.17) is 0 Å². The standard InChI is InChI=1S/C10H15N3O/c1-3-12-8(2)6-10(14)9-7-11-4-5-13-9/h4-5,7-8,12H,3,6H2,1-2H3. The van der Waals surface area contributed by atoms with Crippen LogP contribution < -0.4 is 5.32 Å². The van der Waals surface area contributed by atoms with E-state index in [9.17, 15) is 4.79 Å². The van der Waals surface area contributed by atoms with Crippen molar-refractivity contribution in [3.63, 3.8) is 0 Å². The van der Waals surface area contributed by atoms with Gasteiger partial charge in [-0.15, -0.1) is 0 Å². The summed E-state index contributed by atoms with van der Waals surface area (Å²) in [6.45, 7) is 4.87. The summed E-state index contributed by atoms with van der Waals surface area (Å²) in [5.74, 6) is 0.0338. The van der Waals surface area contributed by atoms with Crippen LogP contribution in [0.15, 0.2) is 18.6 Å². The molecule has 0 aromatic carbocycles. The highest BCUT2D eigenvalue weighted by molar-refractivity contribution is 5.94. The fourth-order valence-corrected chi connectivity index (χ4v) is 1.25. The Morgan fingerprint density at radius 2 is 2.36 bits per heavy atom. The maximum atomic E-state index is 11.6. The van der Waals surface area contributed by atoms with Crippen molar-refractivity contribution in [1.82, 2.24) is 15.3 Å². The van der Waals surface area contributed by atoms with Crippen molar-refractivity contribution in [3.8, 4) is 0 Å². The van der Waals surface area contributed by atoms with Gasteiger partial charge in [0, 0.05) is 24.9 Å². The van der Waals surface area contributed by atoms with E-state index in [0.29, 0.717) is 12.1 Å². The fraction of sp³-hybridized carbons (Fsp3) is 0.500. The molecule has 4 nitrogen and oxygen atoms in total. The Labute approximate surface area is 83.8 Å². The number of aromatic nitrogens is 2. The molecule has 0 bridgehead atoms. The number of Topliss-reactive ketones (excluding diaryl/α,β-unsaturated/α-hetero) is 1. The molecular formula is C10H15N3O. The summed E-state index contributed by atoms with van der Waals surface area (Å²) in [7, 11) is 0. The van der Waals surface area contributed by atoms with E-state index in [0.717, 1.165) is 6.54 Å². The summed E-state index contributed by atoms with van der Waals surface area (Å²) >= 11 is 0. The number of rotatable bonds is 5. The average molecular weight is 193 g/mol. The Morgan fingerprint density at radius 3 is 2.93 bits per heavy atom. The van der Waals surface area contributed by atoms with Crippen LogP contribution in [0.2, 0.25) is 0 Å². The minimum absolute atomic E-state index is 0.0338. The van der Waals surface area contributed by atoms with Gasteiger partial charge < -0.3 is 5.32 Å². The molecular weight excluding hydrogens is 178 g/mol. The molecule has 76 valence electrons. The number of ketones is 1. The monoisotopic (exact) mass is 193 g/mol. The molecule has 1 aromatic heterocycles. The van der Waals surface area contributed by atoms with Gasteiger partial charge in [0.2, 0.25) is 0 Å². The Morgan fingerprint density at radius 1 is 1.57 bits per heavy atom. The Kier molecular flexibility index (Phi) is 4.19. The van der Waals surface area contributed by atoms with Gasteiger partial charge in [0.15, 0.2) is 5.78 Å². The van der Waals surface area contributed by atoms with Crippen LogP contribution in [0.5, 0.6) is 0 Å². The first-order chi connectivity index (χ1) is 6.74. The van der Waals surface area contributed by atoms with Crippen LogP contribution in [0.3, 0.4) is 0 Å². The first-order valence-corrected chi connectivity index (χ1v) is 4.76. The van der Waals surface area contributed by atoms with E-state index >= 15 is 0 Å². The Bertz CT molecular complexity index is 287. The van der Waals surface area contributed by atoms with Crippen molar-refractivity contribution < 1.29 is 4.79 Å². The zero-order valence-electron chi connectivity index (χ0n) is 8.53. The number of carbonyl (C=O) groups excluding carboxylic acids is 1. The van der Waals surface area contributed by atoms with Gasteiger partial charge in [-0.05, 0) is 13.5 Å². The zero-order chi connectivity index (χ0) is 10.4. The third kappa shape index (κ3) is 3.22. The number of carbonyl (C=O) groups is 1.